The minimum absolute atomic E-state index is 0.379. The molecule has 0 saturated heterocycles. The van der Waals surface area contributed by atoms with E-state index < -0.39 is 0 Å². The first-order chi connectivity index (χ1) is 14.7. The largest absolute Gasteiger partial charge is 0.343 e. The lowest BCUT2D eigenvalue weighted by Crippen LogP contribution is -2.31. The average Bonchev–Trinajstić information content (AvgIpc) is 3.11. The van der Waals surface area contributed by atoms with Crippen LogP contribution in [0.25, 0.3) is 10.9 Å². The molecule has 0 unspecified atom stereocenters. The molecule has 1 aliphatic heterocycles. The number of hydrogen-bond acceptors (Lipinski definition) is 3. The monoisotopic (exact) mass is 396 g/mol. The third kappa shape index (κ3) is 3.75. The van der Waals surface area contributed by atoms with E-state index in [4.69, 9.17) is 4.98 Å². The van der Waals surface area contributed by atoms with Gasteiger partial charge in [-0.15, -0.1) is 0 Å². The Labute approximate surface area is 178 Å². The maximum atomic E-state index is 4.81. The minimum atomic E-state index is 0.379. The first kappa shape index (κ1) is 19.0. The van der Waals surface area contributed by atoms with Gasteiger partial charge in [0.1, 0.15) is 5.82 Å². The standard InChI is InChI=1S/C26H28N4/c1-19(2)26-27-14-21-16-29(13-12-24(21)28-26)17-22-18-30(15-20-8-4-3-5-9-20)25-11-7-6-10-23(22)25/h3-11,14,18-19H,12-13,15-17H2,1-2H3. The van der Waals surface area contributed by atoms with Gasteiger partial charge in [0.2, 0.25) is 0 Å². The molecular formula is C26H28N4. The summed E-state index contributed by atoms with van der Waals surface area (Å²) in [6, 6.07) is 19.4. The molecule has 0 bridgehead atoms. The number of para-hydroxylation sites is 1. The summed E-state index contributed by atoms with van der Waals surface area (Å²) in [5, 5.41) is 1.35. The van der Waals surface area contributed by atoms with Gasteiger partial charge in [0, 0.05) is 73.1 Å². The van der Waals surface area contributed by atoms with Crippen molar-refractivity contribution in [3.05, 3.63) is 95.2 Å². The molecule has 0 spiro atoms. The Morgan fingerprint density at radius 1 is 0.967 bits per heavy atom. The Morgan fingerprint density at radius 3 is 2.60 bits per heavy atom. The quantitative estimate of drug-likeness (QED) is 0.467. The van der Waals surface area contributed by atoms with Crippen LogP contribution in [0.2, 0.25) is 0 Å². The summed E-state index contributed by atoms with van der Waals surface area (Å²) >= 11 is 0. The highest BCUT2D eigenvalue weighted by Crippen LogP contribution is 2.26. The lowest BCUT2D eigenvalue weighted by Gasteiger charge is -2.28. The molecule has 4 nitrogen and oxygen atoms in total. The van der Waals surface area contributed by atoms with E-state index in [1.807, 2.05) is 6.20 Å². The second-order valence-electron chi connectivity index (χ2n) is 8.60. The van der Waals surface area contributed by atoms with Crippen LogP contribution in [0.4, 0.5) is 0 Å². The van der Waals surface area contributed by atoms with Crippen molar-refractivity contribution in [3.8, 4) is 0 Å². The van der Waals surface area contributed by atoms with Gasteiger partial charge in [0.25, 0.3) is 0 Å². The van der Waals surface area contributed by atoms with Gasteiger partial charge in [0.05, 0.1) is 0 Å². The van der Waals surface area contributed by atoms with Gasteiger partial charge in [-0.05, 0) is 17.2 Å². The van der Waals surface area contributed by atoms with Crippen molar-refractivity contribution in [2.75, 3.05) is 6.54 Å². The SMILES string of the molecule is CC(C)c1ncc2c(n1)CCN(Cc1cn(Cc3ccccc3)c3ccccc13)C2. The molecule has 0 fully saturated rings. The maximum absolute atomic E-state index is 4.81. The van der Waals surface area contributed by atoms with Gasteiger partial charge in [0.15, 0.2) is 0 Å². The molecule has 3 heterocycles. The lowest BCUT2D eigenvalue weighted by atomic mass is 10.1. The van der Waals surface area contributed by atoms with Crippen molar-refractivity contribution >= 4 is 10.9 Å². The molecule has 0 atom stereocenters. The highest BCUT2D eigenvalue weighted by atomic mass is 15.1. The maximum Gasteiger partial charge on any atom is 0.131 e. The summed E-state index contributed by atoms with van der Waals surface area (Å²) in [4.78, 5) is 11.9. The van der Waals surface area contributed by atoms with Crippen LogP contribution in [-0.2, 0) is 26.1 Å². The molecule has 4 heteroatoms. The summed E-state index contributed by atoms with van der Waals surface area (Å²) < 4.78 is 2.38. The second-order valence-corrected chi connectivity index (χ2v) is 8.60. The molecule has 30 heavy (non-hydrogen) atoms. The van der Waals surface area contributed by atoms with E-state index in [1.165, 1.54) is 33.3 Å². The molecule has 0 N–H and O–H groups in total. The molecule has 0 saturated carbocycles. The number of benzene rings is 2. The zero-order chi connectivity index (χ0) is 20.5. The van der Waals surface area contributed by atoms with Crippen LogP contribution in [0.3, 0.4) is 0 Å². The Bertz CT molecular complexity index is 1160. The highest BCUT2D eigenvalue weighted by Gasteiger charge is 2.20. The predicted molar refractivity (Wildman–Crippen MR) is 121 cm³/mol. The Kier molecular flexibility index (Phi) is 5.09. The Morgan fingerprint density at radius 2 is 1.77 bits per heavy atom. The van der Waals surface area contributed by atoms with Gasteiger partial charge in [-0.2, -0.15) is 0 Å². The van der Waals surface area contributed by atoms with Crippen LogP contribution < -0.4 is 0 Å². The zero-order valence-corrected chi connectivity index (χ0v) is 17.8. The first-order valence-electron chi connectivity index (χ1n) is 10.8. The van der Waals surface area contributed by atoms with E-state index in [9.17, 15) is 0 Å². The summed E-state index contributed by atoms with van der Waals surface area (Å²) in [6.45, 7) is 8.12. The topological polar surface area (TPSA) is 34.0 Å². The highest BCUT2D eigenvalue weighted by molar-refractivity contribution is 5.84. The van der Waals surface area contributed by atoms with E-state index >= 15 is 0 Å². The van der Waals surface area contributed by atoms with E-state index in [0.29, 0.717) is 5.92 Å². The number of rotatable bonds is 5. The van der Waals surface area contributed by atoms with Gasteiger partial charge in [-0.1, -0.05) is 62.4 Å². The molecule has 0 radical (unpaired) electrons. The normalized spacial score (nSPS) is 14.4. The number of hydrogen-bond donors (Lipinski definition) is 0. The van der Waals surface area contributed by atoms with E-state index in [-0.39, 0.29) is 0 Å². The summed E-state index contributed by atoms with van der Waals surface area (Å²) in [6.07, 6.45) is 5.38. The average molecular weight is 397 g/mol. The molecule has 5 rings (SSSR count). The number of aromatic nitrogens is 3. The first-order valence-corrected chi connectivity index (χ1v) is 10.8. The number of nitrogens with zero attached hydrogens (tertiary/aromatic N) is 4. The molecule has 2 aromatic carbocycles. The molecule has 0 aliphatic carbocycles. The van der Waals surface area contributed by atoms with Crippen LogP contribution in [0, 0.1) is 0 Å². The molecule has 2 aromatic heterocycles. The van der Waals surface area contributed by atoms with Gasteiger partial charge >= 0.3 is 0 Å². The van der Waals surface area contributed by atoms with Crippen molar-refractivity contribution < 1.29 is 0 Å². The summed E-state index contributed by atoms with van der Waals surface area (Å²) in [5.41, 5.74) is 6.54. The fourth-order valence-corrected chi connectivity index (χ4v) is 4.40. The fourth-order valence-electron chi connectivity index (χ4n) is 4.40. The van der Waals surface area contributed by atoms with Crippen LogP contribution in [0.15, 0.2) is 67.0 Å². The van der Waals surface area contributed by atoms with Gasteiger partial charge < -0.3 is 4.57 Å². The van der Waals surface area contributed by atoms with E-state index in [0.717, 1.165) is 38.4 Å². The summed E-state index contributed by atoms with van der Waals surface area (Å²) in [7, 11) is 0. The third-order valence-electron chi connectivity index (χ3n) is 6.01. The zero-order valence-electron chi connectivity index (χ0n) is 17.8. The molecule has 0 amide bonds. The van der Waals surface area contributed by atoms with Gasteiger partial charge in [-0.25, -0.2) is 9.97 Å². The van der Waals surface area contributed by atoms with Crippen LogP contribution >= 0.6 is 0 Å². The molecule has 4 aromatic rings. The van der Waals surface area contributed by atoms with Crippen LogP contribution in [0.1, 0.15) is 48.0 Å². The summed E-state index contributed by atoms with van der Waals surface area (Å²) in [5.74, 6) is 1.34. The Balaban J connectivity index is 1.39. The fraction of sp³-hybridized carbons (Fsp3) is 0.308. The van der Waals surface area contributed by atoms with Crippen molar-refractivity contribution in [2.45, 2.75) is 45.8 Å². The van der Waals surface area contributed by atoms with Gasteiger partial charge in [-0.3, -0.25) is 4.90 Å². The lowest BCUT2D eigenvalue weighted by molar-refractivity contribution is 0.243. The molecular weight excluding hydrogens is 368 g/mol. The van der Waals surface area contributed by atoms with Crippen molar-refractivity contribution in [1.29, 1.82) is 0 Å². The smallest absolute Gasteiger partial charge is 0.131 e. The Hall–Kier alpha value is -2.98. The van der Waals surface area contributed by atoms with Crippen molar-refractivity contribution in [3.63, 3.8) is 0 Å². The van der Waals surface area contributed by atoms with Crippen LogP contribution in [0.5, 0.6) is 0 Å². The number of fused-ring (bicyclic) bond motifs is 2. The molecule has 1 aliphatic rings. The predicted octanol–water partition coefficient (Wildman–Crippen LogP) is 5.16. The third-order valence-corrected chi connectivity index (χ3v) is 6.01. The van der Waals surface area contributed by atoms with Crippen molar-refractivity contribution in [1.82, 2.24) is 19.4 Å². The minimum Gasteiger partial charge on any atom is -0.343 e. The van der Waals surface area contributed by atoms with E-state index in [2.05, 4.69) is 89.1 Å². The van der Waals surface area contributed by atoms with E-state index in [1.54, 1.807) is 0 Å². The van der Waals surface area contributed by atoms with Crippen molar-refractivity contribution in [2.24, 2.45) is 0 Å². The molecule has 152 valence electrons. The second kappa shape index (κ2) is 8.04. The van der Waals surface area contributed by atoms with Crippen LogP contribution in [-0.4, -0.2) is 26.0 Å².